The number of fused-ring (bicyclic) bond motifs is 4. The van der Waals surface area contributed by atoms with Gasteiger partial charge >= 0.3 is 0 Å². The van der Waals surface area contributed by atoms with Crippen LogP contribution in [0.25, 0.3) is 32.7 Å². The van der Waals surface area contributed by atoms with E-state index >= 15 is 70.2 Å². The van der Waals surface area contributed by atoms with Gasteiger partial charge in [0, 0.05) is 38.4 Å². The summed E-state index contributed by atoms with van der Waals surface area (Å²) >= 11 is 0. The lowest BCUT2D eigenvalue weighted by atomic mass is 9.35. The van der Waals surface area contributed by atoms with Gasteiger partial charge in [0.05, 0.1) is 0 Å². The van der Waals surface area contributed by atoms with Crippen molar-refractivity contribution in [1.29, 1.82) is 0 Å². The first-order valence-electron chi connectivity index (χ1n) is 22.7. The largest absolute Gasteiger partial charge is 0.257 e. The maximum Gasteiger partial charge on any atom is 0.257 e. The number of hydrogen-bond acceptors (Lipinski definition) is 0. The van der Waals surface area contributed by atoms with E-state index in [9.17, 15) is 8.78 Å². The Hall–Kier alpha value is -6.85. The number of rotatable bonds is 6. The second-order valence-electron chi connectivity index (χ2n) is 21.0. The van der Waals surface area contributed by atoms with Crippen LogP contribution in [-0.4, -0.2) is 13.4 Å². The van der Waals surface area contributed by atoms with Crippen molar-refractivity contribution in [2.24, 2.45) is 0 Å². The van der Waals surface area contributed by atoms with Crippen molar-refractivity contribution in [3.63, 3.8) is 0 Å². The second-order valence-corrected chi connectivity index (χ2v) is 21.0. The van der Waals surface area contributed by atoms with Gasteiger partial charge in [-0.15, -0.1) is 0 Å². The summed E-state index contributed by atoms with van der Waals surface area (Å²) in [5.41, 5.74) is -14.4. The molecule has 9 rings (SSSR count). The molecular weight excluding hydrogens is 1020 g/mol. The van der Waals surface area contributed by atoms with Crippen LogP contribution in [0.15, 0.2) is 60.7 Å². The summed E-state index contributed by atoms with van der Waals surface area (Å²) in [5, 5.41) is 0.778. The third kappa shape index (κ3) is 7.64. The van der Waals surface area contributed by atoms with Gasteiger partial charge in [0.15, 0.2) is 105 Å². The van der Waals surface area contributed by atoms with Crippen LogP contribution in [0.3, 0.4) is 0 Å². The van der Waals surface area contributed by atoms with E-state index in [0.29, 0.717) is 10.9 Å². The monoisotopic (exact) mass is 1060 g/mol. The van der Waals surface area contributed by atoms with Gasteiger partial charge in [-0.05, 0) is 60.7 Å². The molecule has 0 atom stereocenters. The SMILES string of the molecule is CC(C)(C)c1c(F)c(F)c(B(c2ccc3c(c2)C(C)(C)c2cccc4c2c-3cc2ccc(B(c3c(F)c(F)c(F)c(F)c3F)c3c(F)c(F)c(C(C)(C)C)c(F)c3F)cc24)c2c(F)c(F)c(F)c(F)c2F)c(F)c1F. The third-order valence-corrected chi connectivity index (χ3v) is 14.1. The summed E-state index contributed by atoms with van der Waals surface area (Å²) < 4.78 is 282. The van der Waals surface area contributed by atoms with Gasteiger partial charge in [-0.2, -0.15) is 0 Å². The van der Waals surface area contributed by atoms with Gasteiger partial charge in [-0.3, -0.25) is 0 Å². The zero-order valence-corrected chi connectivity index (χ0v) is 40.2. The van der Waals surface area contributed by atoms with Gasteiger partial charge in [0.2, 0.25) is 0 Å². The van der Waals surface area contributed by atoms with Crippen LogP contribution >= 0.6 is 0 Å². The number of hydrogen-bond donors (Lipinski definition) is 0. The van der Waals surface area contributed by atoms with E-state index in [-0.39, 0.29) is 32.8 Å². The van der Waals surface area contributed by atoms with E-state index in [4.69, 9.17) is 0 Å². The first-order chi connectivity index (χ1) is 34.8. The van der Waals surface area contributed by atoms with E-state index in [1.54, 1.807) is 19.9 Å². The highest BCUT2D eigenvalue weighted by molar-refractivity contribution is 6.96. The topological polar surface area (TPSA) is 0 Å². The Balaban J connectivity index is 1.32. The molecule has 0 bridgehead atoms. The minimum atomic E-state index is -2.77. The highest BCUT2D eigenvalue weighted by atomic mass is 19.2. The molecule has 0 saturated heterocycles. The molecule has 0 aromatic heterocycles. The van der Waals surface area contributed by atoms with Crippen LogP contribution in [0.5, 0.6) is 0 Å². The molecule has 0 aliphatic heterocycles. The molecule has 20 heteroatoms. The van der Waals surface area contributed by atoms with Crippen LogP contribution in [0.2, 0.25) is 0 Å². The Morgan fingerprint density at radius 1 is 0.333 bits per heavy atom. The summed E-state index contributed by atoms with van der Waals surface area (Å²) in [6.45, 7) is 4.73. The molecule has 75 heavy (non-hydrogen) atoms. The molecule has 0 heterocycles. The summed E-state index contributed by atoms with van der Waals surface area (Å²) in [7, 11) is 0. The lowest BCUT2D eigenvalue weighted by Gasteiger charge is -2.36. The van der Waals surface area contributed by atoms with E-state index in [1.807, 2.05) is 0 Å². The van der Waals surface area contributed by atoms with E-state index in [2.05, 4.69) is 0 Å². The average molecular weight is 1060 g/mol. The lowest BCUT2D eigenvalue weighted by Crippen LogP contribution is -2.58. The third-order valence-electron chi connectivity index (χ3n) is 14.1. The molecule has 0 unspecified atom stereocenters. The zero-order chi connectivity index (χ0) is 55.4. The van der Waals surface area contributed by atoms with Crippen LogP contribution in [-0.2, 0) is 16.2 Å². The Bertz CT molecular complexity index is 3720. The smallest absolute Gasteiger partial charge is 0.204 e. The molecule has 0 radical (unpaired) electrons. The molecule has 0 saturated carbocycles. The van der Waals surface area contributed by atoms with Crippen LogP contribution in [0.1, 0.15) is 77.6 Å². The fraction of sp³-hybridized carbons (Fsp3) is 0.200. The van der Waals surface area contributed by atoms with Crippen LogP contribution in [0, 0.1) is 105 Å². The maximum absolute atomic E-state index is 16.4. The van der Waals surface area contributed by atoms with Crippen molar-refractivity contribution in [2.45, 2.75) is 71.6 Å². The normalized spacial score (nSPS) is 13.3. The number of benzene rings is 8. The first-order valence-corrected chi connectivity index (χ1v) is 22.7. The van der Waals surface area contributed by atoms with Crippen molar-refractivity contribution in [2.75, 3.05) is 0 Å². The van der Waals surface area contributed by atoms with E-state index < -0.39 is 178 Å². The summed E-state index contributed by atoms with van der Waals surface area (Å²) in [6.07, 6.45) is 0. The van der Waals surface area contributed by atoms with Crippen LogP contribution < -0.4 is 32.8 Å². The fourth-order valence-electron chi connectivity index (χ4n) is 10.6. The van der Waals surface area contributed by atoms with Gasteiger partial charge in [0.25, 0.3) is 13.4 Å². The lowest BCUT2D eigenvalue weighted by molar-refractivity contribution is 0.384. The summed E-state index contributed by atoms with van der Waals surface area (Å²) in [4.78, 5) is 0. The van der Waals surface area contributed by atoms with Crippen molar-refractivity contribution in [1.82, 2.24) is 0 Å². The predicted molar refractivity (Wildman–Crippen MR) is 251 cm³/mol. The van der Waals surface area contributed by atoms with Gasteiger partial charge in [-0.1, -0.05) is 121 Å². The highest BCUT2D eigenvalue weighted by Crippen LogP contribution is 2.50. The predicted octanol–water partition coefficient (Wildman–Crippen LogP) is 12.4. The standard InChI is InChI=1S/C55H34B2F18/c1-53(2,3)29-35(58)39(62)31(40(63)36(29)59)56(33-43(66)47(70)51(74)48(71)44(33)67)20-13-12-19-16-25-22-15-14-21(18-27(22)55(7,8)26-11-9-10-23(28(25)26)24(19)17-20)57(34-45(68)49(72)52(75)50(73)46(34)69)32-41(64)37(60)30(54(4,5)6)38(61)42(32)65/h9-18H,1-8H3. The molecule has 1 aliphatic carbocycles. The highest BCUT2D eigenvalue weighted by Gasteiger charge is 2.45. The minimum Gasteiger partial charge on any atom is -0.204 e. The molecule has 386 valence electrons. The molecular formula is C55H34B2F18. The first kappa shape index (κ1) is 53.0. The van der Waals surface area contributed by atoms with Gasteiger partial charge < -0.3 is 0 Å². The van der Waals surface area contributed by atoms with Gasteiger partial charge in [0.1, 0.15) is 0 Å². The average Bonchev–Trinajstić information content (AvgIpc) is 3.35. The second kappa shape index (κ2) is 17.6. The van der Waals surface area contributed by atoms with E-state index in [1.165, 1.54) is 71.9 Å². The minimum absolute atomic E-state index is 0.0611. The Labute approximate surface area is 416 Å². The molecule has 8 aromatic carbocycles. The van der Waals surface area contributed by atoms with Crippen molar-refractivity contribution < 1.29 is 79.0 Å². The fourth-order valence-corrected chi connectivity index (χ4v) is 10.6. The molecule has 0 N–H and O–H groups in total. The Morgan fingerprint density at radius 3 is 1.07 bits per heavy atom. The number of halogens is 18. The quantitative estimate of drug-likeness (QED) is 0.0512. The molecule has 8 aromatic rings. The molecule has 0 amide bonds. The maximum atomic E-state index is 16.4. The van der Waals surface area contributed by atoms with E-state index in [0.717, 1.165) is 24.3 Å². The molecule has 0 fully saturated rings. The Kier molecular flexibility index (Phi) is 12.4. The van der Waals surface area contributed by atoms with Crippen LogP contribution in [0.4, 0.5) is 79.0 Å². The molecule has 1 aliphatic rings. The summed E-state index contributed by atoms with van der Waals surface area (Å²) in [5.74, 6) is -42.6. The van der Waals surface area contributed by atoms with Crippen molar-refractivity contribution in [3.05, 3.63) is 188 Å². The van der Waals surface area contributed by atoms with Crippen molar-refractivity contribution >= 4 is 67.7 Å². The molecule has 0 spiro atoms. The van der Waals surface area contributed by atoms with Crippen molar-refractivity contribution in [3.8, 4) is 11.1 Å². The van der Waals surface area contributed by atoms with Gasteiger partial charge in [-0.25, -0.2) is 79.0 Å². The summed E-state index contributed by atoms with van der Waals surface area (Å²) in [6, 6.07) is 12.5. The molecule has 0 nitrogen and oxygen atoms in total. The zero-order valence-electron chi connectivity index (χ0n) is 40.2. The Morgan fingerprint density at radius 2 is 0.680 bits per heavy atom.